The smallest absolute Gasteiger partial charge is 0.289 e. The quantitative estimate of drug-likeness (QED) is 0.404. The van der Waals surface area contributed by atoms with Crippen LogP contribution in [-0.2, 0) is 0 Å². The Morgan fingerprint density at radius 2 is 2.12 bits per heavy atom. The molecule has 3 aromatic heterocycles. The van der Waals surface area contributed by atoms with Crippen LogP contribution in [0.4, 0.5) is 5.69 Å². The minimum Gasteiger partial charge on any atom is -0.449 e. The summed E-state index contributed by atoms with van der Waals surface area (Å²) in [6.07, 6.45) is 1.28. The van der Waals surface area contributed by atoms with Crippen molar-refractivity contribution in [2.75, 3.05) is 18.9 Å². The first-order valence-electron chi connectivity index (χ1n) is 9.78. The Hall–Kier alpha value is -3.92. The zero-order valence-corrected chi connectivity index (χ0v) is 17.8. The van der Waals surface area contributed by atoms with Crippen LogP contribution in [0.5, 0.6) is 11.8 Å². The molecule has 1 atom stereocenters. The van der Waals surface area contributed by atoms with Crippen LogP contribution < -0.4 is 20.7 Å². The predicted octanol–water partition coefficient (Wildman–Crippen LogP) is 3.12. The number of rotatable bonds is 3. The van der Waals surface area contributed by atoms with Gasteiger partial charge in [-0.15, -0.1) is 0 Å². The van der Waals surface area contributed by atoms with E-state index in [9.17, 15) is 9.59 Å². The number of anilines is 1. The Balaban J connectivity index is 1.59. The first-order valence-corrected chi connectivity index (χ1v) is 10.2. The number of ether oxygens (including phenoxy) is 1. The molecule has 0 saturated carbocycles. The lowest BCUT2D eigenvalue weighted by Gasteiger charge is -2.10. The zero-order valence-electron chi connectivity index (χ0n) is 17.0. The minimum absolute atomic E-state index is 0.0122. The van der Waals surface area contributed by atoms with Crippen molar-refractivity contribution in [1.82, 2.24) is 25.6 Å². The lowest BCUT2D eigenvalue weighted by molar-refractivity contribution is 0.0919. The Bertz CT molecular complexity index is 1400. The molecule has 1 aromatic carbocycles. The van der Waals surface area contributed by atoms with Crippen LogP contribution in [0.15, 0.2) is 34.9 Å². The maximum Gasteiger partial charge on any atom is 0.289 e. The van der Waals surface area contributed by atoms with Gasteiger partial charge in [0.2, 0.25) is 22.8 Å². The highest BCUT2D eigenvalue weighted by molar-refractivity contribution is 6.28. The zero-order chi connectivity index (χ0) is 22.4. The van der Waals surface area contributed by atoms with Crippen molar-refractivity contribution < 1.29 is 18.7 Å². The third-order valence-electron chi connectivity index (χ3n) is 5.06. The highest BCUT2D eigenvalue weighted by atomic mass is 35.5. The van der Waals surface area contributed by atoms with Crippen LogP contribution in [-0.4, -0.2) is 46.4 Å². The summed E-state index contributed by atoms with van der Waals surface area (Å²) in [5.74, 6) is -0.244. The fourth-order valence-electron chi connectivity index (χ4n) is 3.58. The Labute approximate surface area is 186 Å². The molecule has 0 bridgehead atoms. The fourth-order valence-corrected chi connectivity index (χ4v) is 3.70. The molecular weight excluding hydrogens is 436 g/mol. The maximum absolute atomic E-state index is 12.5. The van der Waals surface area contributed by atoms with Gasteiger partial charge in [0.05, 0.1) is 16.6 Å². The van der Waals surface area contributed by atoms with Crippen LogP contribution in [0.2, 0.25) is 5.28 Å². The number of aromatic nitrogens is 3. The van der Waals surface area contributed by atoms with Gasteiger partial charge in [0.15, 0.2) is 0 Å². The number of benzene rings is 1. The van der Waals surface area contributed by atoms with Crippen LogP contribution in [0.25, 0.3) is 21.9 Å². The van der Waals surface area contributed by atoms with Gasteiger partial charge in [-0.3, -0.25) is 9.59 Å². The SMILES string of the molecule is CNC(=O)c1cnc(Cl)nc1Oc1ccc2c(ccc3oc4c(c32)NCC(C)NC4=O)n1. The van der Waals surface area contributed by atoms with Gasteiger partial charge in [0, 0.05) is 37.3 Å². The number of carbonyl (C=O) groups is 2. The van der Waals surface area contributed by atoms with E-state index in [1.165, 1.54) is 13.2 Å². The van der Waals surface area contributed by atoms with Gasteiger partial charge >= 0.3 is 0 Å². The number of hydrogen-bond donors (Lipinski definition) is 3. The summed E-state index contributed by atoms with van der Waals surface area (Å²) in [6.45, 7) is 2.48. The van der Waals surface area contributed by atoms with E-state index >= 15 is 0 Å². The van der Waals surface area contributed by atoms with Gasteiger partial charge < -0.3 is 25.1 Å². The van der Waals surface area contributed by atoms with Gasteiger partial charge in [0.1, 0.15) is 11.1 Å². The maximum atomic E-state index is 12.5. The van der Waals surface area contributed by atoms with Gasteiger partial charge in [0.25, 0.3) is 11.8 Å². The molecule has 0 aliphatic carbocycles. The number of furan rings is 1. The second kappa shape index (κ2) is 7.65. The lowest BCUT2D eigenvalue weighted by atomic mass is 10.1. The molecule has 10 nitrogen and oxygen atoms in total. The van der Waals surface area contributed by atoms with Crippen molar-refractivity contribution in [2.24, 2.45) is 0 Å². The number of fused-ring (bicyclic) bond motifs is 5. The summed E-state index contributed by atoms with van der Waals surface area (Å²) in [4.78, 5) is 36.9. The summed E-state index contributed by atoms with van der Waals surface area (Å²) < 4.78 is 11.6. The van der Waals surface area contributed by atoms with Crippen LogP contribution >= 0.6 is 11.6 Å². The molecule has 1 aliphatic heterocycles. The van der Waals surface area contributed by atoms with Crippen molar-refractivity contribution in [3.8, 4) is 11.8 Å². The molecule has 2 amide bonds. The summed E-state index contributed by atoms with van der Waals surface area (Å²) in [5.41, 5.74) is 1.94. The van der Waals surface area contributed by atoms with Crippen LogP contribution in [0.3, 0.4) is 0 Å². The highest BCUT2D eigenvalue weighted by Crippen LogP contribution is 2.38. The first kappa shape index (κ1) is 20.0. The Morgan fingerprint density at radius 3 is 2.94 bits per heavy atom. The van der Waals surface area contributed by atoms with Gasteiger partial charge in [-0.2, -0.15) is 4.98 Å². The third kappa shape index (κ3) is 3.34. The number of nitrogens with one attached hydrogen (secondary N) is 3. The second-order valence-electron chi connectivity index (χ2n) is 7.26. The molecular formula is C21H17ClN6O4. The molecule has 4 aromatic rings. The summed E-state index contributed by atoms with van der Waals surface area (Å²) >= 11 is 5.88. The van der Waals surface area contributed by atoms with E-state index in [-0.39, 0.29) is 40.3 Å². The molecule has 4 heterocycles. The summed E-state index contributed by atoms with van der Waals surface area (Å²) in [7, 11) is 1.49. The molecule has 0 fully saturated rings. The largest absolute Gasteiger partial charge is 0.449 e. The number of pyridine rings is 1. The average Bonchev–Trinajstić information content (AvgIpc) is 3.10. The normalized spacial score (nSPS) is 15.6. The van der Waals surface area contributed by atoms with Crippen LogP contribution in [0, 0.1) is 0 Å². The predicted molar refractivity (Wildman–Crippen MR) is 117 cm³/mol. The average molecular weight is 453 g/mol. The summed E-state index contributed by atoms with van der Waals surface area (Å²) in [5, 5.41) is 10.2. The van der Waals surface area contributed by atoms with Gasteiger partial charge in [-0.25, -0.2) is 9.97 Å². The van der Waals surface area contributed by atoms with Crippen molar-refractivity contribution in [2.45, 2.75) is 13.0 Å². The van der Waals surface area contributed by atoms with Crippen molar-refractivity contribution >= 4 is 51.0 Å². The molecule has 11 heteroatoms. The molecule has 5 rings (SSSR count). The van der Waals surface area contributed by atoms with E-state index in [1.807, 2.05) is 13.0 Å². The molecule has 0 spiro atoms. The van der Waals surface area contributed by atoms with Crippen LogP contribution in [0.1, 0.15) is 27.8 Å². The van der Waals surface area contributed by atoms with E-state index in [4.69, 9.17) is 20.8 Å². The first-order chi connectivity index (χ1) is 15.4. The van der Waals surface area contributed by atoms with E-state index < -0.39 is 5.91 Å². The third-order valence-corrected chi connectivity index (χ3v) is 5.24. The van der Waals surface area contributed by atoms with Gasteiger partial charge in [-0.1, -0.05) is 0 Å². The van der Waals surface area contributed by atoms with E-state index in [1.54, 1.807) is 18.2 Å². The monoisotopic (exact) mass is 452 g/mol. The van der Waals surface area contributed by atoms with Gasteiger partial charge in [-0.05, 0) is 36.7 Å². The lowest BCUT2D eigenvalue weighted by Crippen LogP contribution is -2.34. The Kier molecular flexibility index (Phi) is 4.78. The highest BCUT2D eigenvalue weighted by Gasteiger charge is 2.26. The number of hydrogen-bond acceptors (Lipinski definition) is 8. The molecule has 1 aliphatic rings. The minimum atomic E-state index is -0.418. The number of nitrogens with zero attached hydrogens (tertiary/aromatic N) is 3. The number of carbonyl (C=O) groups excluding carboxylic acids is 2. The van der Waals surface area contributed by atoms with E-state index in [0.29, 0.717) is 23.3 Å². The molecule has 162 valence electrons. The number of amides is 2. The van der Waals surface area contributed by atoms with E-state index in [0.717, 1.165) is 10.8 Å². The van der Waals surface area contributed by atoms with E-state index in [2.05, 4.69) is 30.9 Å². The van der Waals surface area contributed by atoms with Crippen molar-refractivity contribution in [3.63, 3.8) is 0 Å². The molecule has 0 saturated heterocycles. The standard InChI is InChI=1S/C21H17ClN6O4/c1-9-7-24-16-15-10-3-6-14(32-20-11(18(29)23-2)8-25-21(22)28-20)27-12(10)4-5-13(15)31-17(16)19(30)26-9/h3-6,8-9,24H,7H2,1-2H3,(H,23,29)(H,26,30). The molecule has 1 unspecified atom stereocenters. The fraction of sp³-hybridized carbons (Fsp3) is 0.190. The molecule has 0 radical (unpaired) electrons. The van der Waals surface area contributed by atoms with Crippen molar-refractivity contribution in [1.29, 1.82) is 0 Å². The Morgan fingerprint density at radius 1 is 1.28 bits per heavy atom. The molecule has 3 N–H and O–H groups in total. The summed E-state index contributed by atoms with van der Waals surface area (Å²) in [6, 6.07) is 6.93. The molecule has 32 heavy (non-hydrogen) atoms. The number of halogens is 1. The topological polar surface area (TPSA) is 131 Å². The second-order valence-corrected chi connectivity index (χ2v) is 7.59. The van der Waals surface area contributed by atoms with Crippen molar-refractivity contribution in [3.05, 3.63) is 47.1 Å².